The zero-order valence-electron chi connectivity index (χ0n) is 14.6. The van der Waals surface area contributed by atoms with Gasteiger partial charge in [0, 0.05) is 33.7 Å². The first-order valence-corrected chi connectivity index (χ1v) is 11.0. The number of nitrogens with one attached hydrogen (secondary N) is 2. The number of nitrogens with zero attached hydrogens (tertiary/aromatic N) is 1. The third-order valence-corrected chi connectivity index (χ3v) is 7.73. The van der Waals surface area contributed by atoms with E-state index < -0.39 is 20.0 Å². The van der Waals surface area contributed by atoms with Gasteiger partial charge in [-0.3, -0.25) is 0 Å². The molecule has 2 aromatic carbocycles. The van der Waals surface area contributed by atoms with Crippen molar-refractivity contribution in [1.82, 2.24) is 14.3 Å². The van der Waals surface area contributed by atoms with Gasteiger partial charge in [0.15, 0.2) is 0 Å². The quantitative estimate of drug-likeness (QED) is 0.761. The van der Waals surface area contributed by atoms with E-state index >= 15 is 0 Å². The first-order valence-electron chi connectivity index (χ1n) is 8.04. The lowest BCUT2D eigenvalue weighted by molar-refractivity contribution is 0.516. The van der Waals surface area contributed by atoms with Gasteiger partial charge in [0.2, 0.25) is 20.0 Å². The Kier molecular flexibility index (Phi) is 5.18. The van der Waals surface area contributed by atoms with E-state index in [1.807, 2.05) is 18.2 Å². The Hall–Kier alpha value is -1.78. The van der Waals surface area contributed by atoms with E-state index in [2.05, 4.69) is 10.0 Å². The Labute approximate surface area is 154 Å². The van der Waals surface area contributed by atoms with Crippen LogP contribution in [0.4, 0.5) is 0 Å². The van der Waals surface area contributed by atoms with Crippen molar-refractivity contribution in [1.29, 1.82) is 0 Å². The van der Waals surface area contributed by atoms with E-state index in [1.54, 1.807) is 0 Å². The van der Waals surface area contributed by atoms with Crippen LogP contribution in [-0.4, -0.2) is 35.2 Å². The maximum atomic E-state index is 12.7. The molecule has 1 heterocycles. The maximum absolute atomic E-state index is 12.7. The molecule has 0 saturated carbocycles. The van der Waals surface area contributed by atoms with Crippen LogP contribution < -0.4 is 10.0 Å². The molecule has 0 unspecified atom stereocenters. The first-order chi connectivity index (χ1) is 12.2. The highest BCUT2D eigenvalue weighted by atomic mass is 32.2. The maximum Gasteiger partial charge on any atom is 0.243 e. The molecule has 1 aliphatic rings. The second-order valence-corrected chi connectivity index (χ2v) is 10.1. The van der Waals surface area contributed by atoms with Crippen molar-refractivity contribution in [3.05, 3.63) is 59.2 Å². The number of hydrogen-bond acceptors (Lipinski definition) is 5. The van der Waals surface area contributed by atoms with Crippen LogP contribution in [0.15, 0.2) is 52.3 Å². The second kappa shape index (κ2) is 7.09. The number of fused-ring (bicyclic) bond motifs is 1. The molecule has 26 heavy (non-hydrogen) atoms. The molecule has 0 saturated heterocycles. The van der Waals surface area contributed by atoms with Gasteiger partial charge in [0.25, 0.3) is 0 Å². The molecular formula is C17H21N3O4S2. The van der Waals surface area contributed by atoms with Crippen LogP contribution in [0.3, 0.4) is 0 Å². The minimum Gasteiger partial charge on any atom is -0.309 e. The average molecular weight is 396 g/mol. The summed E-state index contributed by atoms with van der Waals surface area (Å²) in [6.07, 6.45) is 0. The van der Waals surface area contributed by atoms with Crippen molar-refractivity contribution >= 4 is 20.0 Å². The predicted molar refractivity (Wildman–Crippen MR) is 98.3 cm³/mol. The van der Waals surface area contributed by atoms with Crippen molar-refractivity contribution in [2.45, 2.75) is 29.4 Å². The summed E-state index contributed by atoms with van der Waals surface area (Å²) in [4.78, 5) is -0.493. The van der Waals surface area contributed by atoms with Gasteiger partial charge in [-0.25, -0.2) is 25.9 Å². The smallest absolute Gasteiger partial charge is 0.243 e. The monoisotopic (exact) mass is 395 g/mol. The van der Waals surface area contributed by atoms with Gasteiger partial charge in [-0.05, 0) is 28.8 Å². The summed E-state index contributed by atoms with van der Waals surface area (Å²) in [5.74, 6) is 0. The third kappa shape index (κ3) is 3.67. The van der Waals surface area contributed by atoms with E-state index in [9.17, 15) is 16.8 Å². The lowest BCUT2D eigenvalue weighted by Crippen LogP contribution is -2.28. The molecule has 2 aromatic rings. The van der Waals surface area contributed by atoms with Crippen LogP contribution in [0.5, 0.6) is 0 Å². The van der Waals surface area contributed by atoms with Crippen LogP contribution in [-0.2, 0) is 39.7 Å². The molecule has 7 nitrogen and oxygen atoms in total. The van der Waals surface area contributed by atoms with Crippen LogP contribution in [0, 0.1) is 0 Å². The van der Waals surface area contributed by atoms with Crippen LogP contribution >= 0.6 is 0 Å². The fourth-order valence-corrected chi connectivity index (χ4v) is 5.51. The van der Waals surface area contributed by atoms with Crippen molar-refractivity contribution < 1.29 is 16.8 Å². The molecule has 9 heteroatoms. The van der Waals surface area contributed by atoms with E-state index in [-0.39, 0.29) is 16.3 Å². The highest BCUT2D eigenvalue weighted by molar-refractivity contribution is 7.92. The summed E-state index contributed by atoms with van der Waals surface area (Å²) in [7, 11) is -5.14. The van der Waals surface area contributed by atoms with Gasteiger partial charge in [0.1, 0.15) is 9.79 Å². The van der Waals surface area contributed by atoms with Gasteiger partial charge < -0.3 is 5.32 Å². The molecule has 1 aliphatic heterocycles. The molecule has 0 fully saturated rings. The fraction of sp³-hybridized carbons (Fsp3) is 0.294. The normalized spacial score (nSPS) is 14.6. The van der Waals surface area contributed by atoms with Crippen molar-refractivity contribution in [2.75, 3.05) is 14.1 Å². The van der Waals surface area contributed by atoms with Crippen molar-refractivity contribution in [3.63, 3.8) is 0 Å². The van der Waals surface area contributed by atoms with Gasteiger partial charge in [-0.15, -0.1) is 0 Å². The zero-order chi connectivity index (χ0) is 18.9. The summed E-state index contributed by atoms with van der Waals surface area (Å²) in [5, 5.41) is 3.24. The molecule has 0 spiro atoms. The lowest BCUT2D eigenvalue weighted by atomic mass is 10.1. The molecular weight excluding hydrogens is 374 g/mol. The molecule has 0 aromatic heterocycles. The number of hydrogen-bond donors (Lipinski definition) is 2. The summed E-state index contributed by atoms with van der Waals surface area (Å²) in [6.45, 7) is 1.67. The second-order valence-electron chi connectivity index (χ2n) is 6.27. The Morgan fingerprint density at radius 1 is 0.962 bits per heavy atom. The molecule has 0 amide bonds. The highest BCUT2D eigenvalue weighted by Gasteiger charge is 2.27. The Balaban J connectivity index is 1.88. The van der Waals surface area contributed by atoms with Crippen LogP contribution in [0.25, 0.3) is 0 Å². The first kappa shape index (κ1) is 19.0. The van der Waals surface area contributed by atoms with Gasteiger partial charge >= 0.3 is 0 Å². The SMILES string of the molecule is CN(C)S(=O)(=O)c1ccccc1S(=O)(=O)NCc1ccc2c(c1)CNC2. The molecule has 3 rings (SSSR count). The standard InChI is InChI=1S/C17H21N3O4S2/c1-20(2)26(23,24)17-6-4-3-5-16(17)25(21,22)19-10-13-7-8-14-11-18-12-15(14)9-13/h3-9,18-19H,10-12H2,1-2H3. The highest BCUT2D eigenvalue weighted by Crippen LogP contribution is 2.23. The summed E-state index contributed by atoms with van der Waals surface area (Å²) in [6, 6.07) is 11.4. The van der Waals surface area contributed by atoms with E-state index in [0.29, 0.717) is 0 Å². The summed E-state index contributed by atoms with van der Waals surface area (Å²) < 4.78 is 53.8. The van der Waals surface area contributed by atoms with Crippen molar-refractivity contribution in [3.8, 4) is 0 Å². The third-order valence-electron chi connectivity index (χ3n) is 4.27. The van der Waals surface area contributed by atoms with Crippen LogP contribution in [0.1, 0.15) is 16.7 Å². The molecule has 0 bridgehead atoms. The number of rotatable bonds is 6. The largest absolute Gasteiger partial charge is 0.309 e. The van der Waals surface area contributed by atoms with E-state index in [4.69, 9.17) is 0 Å². The van der Waals surface area contributed by atoms with Crippen LogP contribution in [0.2, 0.25) is 0 Å². The van der Waals surface area contributed by atoms with Gasteiger partial charge in [-0.2, -0.15) is 0 Å². The Morgan fingerprint density at radius 2 is 1.62 bits per heavy atom. The number of benzene rings is 2. The fourth-order valence-electron chi connectivity index (χ4n) is 2.80. The molecule has 0 aliphatic carbocycles. The molecule has 140 valence electrons. The lowest BCUT2D eigenvalue weighted by Gasteiger charge is -2.15. The van der Waals surface area contributed by atoms with Gasteiger partial charge in [0.05, 0.1) is 0 Å². The van der Waals surface area contributed by atoms with Crippen molar-refractivity contribution in [2.24, 2.45) is 0 Å². The van der Waals surface area contributed by atoms with E-state index in [0.717, 1.165) is 28.5 Å². The topological polar surface area (TPSA) is 95.6 Å². The molecule has 2 N–H and O–H groups in total. The molecule has 0 radical (unpaired) electrons. The predicted octanol–water partition coefficient (Wildman–Crippen LogP) is 1.02. The number of sulfonamides is 2. The zero-order valence-corrected chi connectivity index (χ0v) is 16.2. The summed E-state index contributed by atoms with van der Waals surface area (Å²) >= 11 is 0. The summed E-state index contributed by atoms with van der Waals surface area (Å²) in [5.41, 5.74) is 3.18. The van der Waals surface area contributed by atoms with E-state index in [1.165, 1.54) is 43.9 Å². The molecule has 0 atom stereocenters. The Morgan fingerprint density at radius 3 is 2.31 bits per heavy atom. The Bertz CT molecular complexity index is 1030. The van der Waals surface area contributed by atoms with Gasteiger partial charge in [-0.1, -0.05) is 30.3 Å². The minimum absolute atomic E-state index is 0.0892. The average Bonchev–Trinajstić information content (AvgIpc) is 3.07. The minimum atomic E-state index is -3.99.